The molecule has 1 amide bonds. The first-order valence-electron chi connectivity index (χ1n) is 12.6. The third-order valence-electron chi connectivity index (χ3n) is 6.63. The number of likely N-dealkylation sites (tertiary alicyclic amines) is 1. The molecule has 1 atom stereocenters. The molecule has 5 rings (SSSR count). The number of piperidine rings is 1. The summed E-state index contributed by atoms with van der Waals surface area (Å²) in [5, 5.41) is 3.13. The number of rotatable bonds is 6. The van der Waals surface area contributed by atoms with E-state index in [4.69, 9.17) is 25.6 Å². The average Bonchev–Trinajstić information content (AvgIpc) is 3.47. The van der Waals surface area contributed by atoms with Crippen LogP contribution in [-0.4, -0.2) is 54.2 Å². The van der Waals surface area contributed by atoms with Crippen molar-refractivity contribution in [2.24, 2.45) is 0 Å². The number of allylic oxidation sites excluding steroid dienone is 1. The number of nitrogens with zero attached hydrogens (tertiary/aromatic N) is 2. The maximum absolute atomic E-state index is 13.4. The van der Waals surface area contributed by atoms with Gasteiger partial charge in [0.15, 0.2) is 17.6 Å². The van der Waals surface area contributed by atoms with Gasteiger partial charge in [-0.15, -0.1) is 17.8 Å². The van der Waals surface area contributed by atoms with Crippen LogP contribution in [0.3, 0.4) is 0 Å². The first kappa shape index (κ1) is 25.6. The maximum Gasteiger partial charge on any atom is 0.340 e. The van der Waals surface area contributed by atoms with Crippen LogP contribution in [0.15, 0.2) is 60.0 Å². The molecule has 2 aromatic carbocycles. The molecule has 0 bridgehead atoms. The topological polar surface area (TPSA) is 78.0 Å². The fourth-order valence-electron chi connectivity index (χ4n) is 4.64. The number of amides is 1. The van der Waals surface area contributed by atoms with Crippen LogP contribution in [0.4, 0.5) is 0 Å². The van der Waals surface area contributed by atoms with Gasteiger partial charge in [-0.2, -0.15) is 0 Å². The molecule has 194 valence electrons. The van der Waals surface area contributed by atoms with Crippen LogP contribution in [0.5, 0.6) is 11.5 Å². The number of fused-ring (bicyclic) bond motifs is 1. The van der Waals surface area contributed by atoms with Crippen LogP contribution in [0.2, 0.25) is 0 Å². The van der Waals surface area contributed by atoms with Crippen molar-refractivity contribution in [3.63, 3.8) is 0 Å². The summed E-state index contributed by atoms with van der Waals surface area (Å²) in [6, 6.07) is 12.6. The van der Waals surface area contributed by atoms with Crippen LogP contribution >= 0.6 is 11.3 Å². The first-order chi connectivity index (χ1) is 18.6. The van der Waals surface area contributed by atoms with Crippen molar-refractivity contribution in [1.29, 1.82) is 0 Å². The zero-order chi connectivity index (χ0) is 26.5. The summed E-state index contributed by atoms with van der Waals surface area (Å²) in [5.41, 5.74) is 2.45. The number of aromatic nitrogens is 1. The van der Waals surface area contributed by atoms with E-state index in [2.05, 4.69) is 11.3 Å². The van der Waals surface area contributed by atoms with Crippen molar-refractivity contribution < 1.29 is 23.8 Å². The molecule has 2 aliphatic heterocycles. The van der Waals surface area contributed by atoms with Gasteiger partial charge in [0.25, 0.3) is 5.91 Å². The molecule has 0 saturated carbocycles. The van der Waals surface area contributed by atoms with Crippen molar-refractivity contribution in [3.05, 3.63) is 76.1 Å². The van der Waals surface area contributed by atoms with Gasteiger partial charge in [0.2, 0.25) is 0 Å². The van der Waals surface area contributed by atoms with Crippen LogP contribution < -0.4 is 9.47 Å². The third kappa shape index (κ3) is 5.43. The van der Waals surface area contributed by atoms with Crippen LogP contribution in [0.1, 0.15) is 51.4 Å². The SMILES string of the molecule is C#CC(/C=C/C)OC(=O)c1ccccc1C(=O)N1CCC(c2nc(-c3ccc4c(c3)OCCO4)cs2)CC1. The van der Waals surface area contributed by atoms with E-state index < -0.39 is 12.1 Å². The minimum absolute atomic E-state index is 0.185. The normalized spacial score (nSPS) is 16.2. The Morgan fingerprint density at radius 2 is 1.87 bits per heavy atom. The largest absolute Gasteiger partial charge is 0.486 e. The summed E-state index contributed by atoms with van der Waals surface area (Å²) in [6.07, 6.45) is 9.61. The van der Waals surface area contributed by atoms with E-state index in [0.29, 0.717) is 31.9 Å². The van der Waals surface area contributed by atoms with Gasteiger partial charge in [-0.3, -0.25) is 4.79 Å². The monoisotopic (exact) mass is 528 g/mol. The highest BCUT2D eigenvalue weighted by Crippen LogP contribution is 2.37. The van der Waals surface area contributed by atoms with Crippen LogP contribution in [0.25, 0.3) is 11.3 Å². The van der Waals surface area contributed by atoms with Gasteiger partial charge in [0.05, 0.1) is 21.8 Å². The fourth-order valence-corrected chi connectivity index (χ4v) is 5.64. The summed E-state index contributed by atoms with van der Waals surface area (Å²) in [7, 11) is 0. The predicted molar refractivity (Wildman–Crippen MR) is 146 cm³/mol. The van der Waals surface area contributed by atoms with Gasteiger partial charge in [-0.05, 0) is 56.2 Å². The summed E-state index contributed by atoms with van der Waals surface area (Å²) >= 11 is 1.64. The number of thiazole rings is 1. The summed E-state index contributed by atoms with van der Waals surface area (Å²) in [6.45, 7) is 4.06. The molecule has 1 saturated heterocycles. The van der Waals surface area contributed by atoms with Gasteiger partial charge in [-0.25, -0.2) is 9.78 Å². The number of hydrogen-bond donors (Lipinski definition) is 0. The Morgan fingerprint density at radius 1 is 1.13 bits per heavy atom. The Morgan fingerprint density at radius 3 is 2.61 bits per heavy atom. The molecule has 0 N–H and O–H groups in total. The molecule has 2 aliphatic rings. The van der Waals surface area contributed by atoms with E-state index in [1.807, 2.05) is 18.2 Å². The second kappa shape index (κ2) is 11.5. The molecule has 3 aromatic rings. The lowest BCUT2D eigenvalue weighted by molar-refractivity contribution is 0.0467. The van der Waals surface area contributed by atoms with E-state index in [9.17, 15) is 9.59 Å². The number of terminal acetylenes is 1. The van der Waals surface area contributed by atoms with Crippen LogP contribution in [-0.2, 0) is 4.74 Å². The Kier molecular flexibility index (Phi) is 7.75. The molecule has 0 radical (unpaired) electrons. The number of ether oxygens (including phenoxy) is 3. The van der Waals surface area contributed by atoms with Gasteiger partial charge in [0, 0.05) is 30.0 Å². The molecular weight excluding hydrogens is 500 g/mol. The van der Waals surface area contributed by atoms with Gasteiger partial charge >= 0.3 is 5.97 Å². The number of carbonyl (C=O) groups excluding carboxylic acids is 2. The lowest BCUT2D eigenvalue weighted by Crippen LogP contribution is -2.38. The highest BCUT2D eigenvalue weighted by molar-refractivity contribution is 7.10. The minimum Gasteiger partial charge on any atom is -0.486 e. The second-order valence-corrected chi connectivity index (χ2v) is 9.95. The summed E-state index contributed by atoms with van der Waals surface area (Å²) in [4.78, 5) is 32.9. The van der Waals surface area contributed by atoms with E-state index in [0.717, 1.165) is 40.6 Å². The Bertz CT molecular complexity index is 1400. The van der Waals surface area contributed by atoms with E-state index in [1.54, 1.807) is 59.6 Å². The maximum atomic E-state index is 13.4. The molecule has 7 nitrogen and oxygen atoms in total. The lowest BCUT2D eigenvalue weighted by Gasteiger charge is -2.31. The molecule has 3 heterocycles. The molecule has 1 unspecified atom stereocenters. The first-order valence-corrected chi connectivity index (χ1v) is 13.5. The fraction of sp³-hybridized carbons (Fsp3) is 0.300. The standard InChI is InChI=1S/C30H28N2O5S/c1-3-7-22(4-2)37-30(34)24-9-6-5-8-23(24)29(33)32-14-12-20(13-15-32)28-31-25(19-38-28)21-10-11-26-27(18-21)36-17-16-35-26/h2-3,5-11,18-20,22H,12-17H2,1H3/b7-3+. The van der Waals surface area contributed by atoms with Crippen molar-refractivity contribution >= 4 is 23.2 Å². The molecule has 8 heteroatoms. The molecule has 0 spiro atoms. The summed E-state index contributed by atoms with van der Waals surface area (Å²) < 4.78 is 16.7. The van der Waals surface area contributed by atoms with Gasteiger partial charge in [0.1, 0.15) is 13.2 Å². The van der Waals surface area contributed by atoms with E-state index in [1.165, 1.54) is 0 Å². The lowest BCUT2D eigenvalue weighted by atomic mass is 9.96. The van der Waals surface area contributed by atoms with Crippen LogP contribution in [0, 0.1) is 12.3 Å². The minimum atomic E-state index is -0.781. The molecule has 1 fully saturated rings. The number of hydrogen-bond acceptors (Lipinski definition) is 7. The Labute approximate surface area is 226 Å². The number of carbonyl (C=O) groups is 2. The van der Waals surface area contributed by atoms with Crippen molar-refractivity contribution in [3.8, 4) is 35.1 Å². The molecular formula is C30H28N2O5S. The molecule has 1 aromatic heterocycles. The molecule has 0 aliphatic carbocycles. The quantitative estimate of drug-likeness (QED) is 0.244. The second-order valence-electron chi connectivity index (χ2n) is 9.06. The third-order valence-corrected chi connectivity index (χ3v) is 7.64. The van der Waals surface area contributed by atoms with Gasteiger partial charge < -0.3 is 19.1 Å². The highest BCUT2D eigenvalue weighted by atomic mass is 32.1. The van der Waals surface area contributed by atoms with Gasteiger partial charge in [-0.1, -0.05) is 24.1 Å². The number of esters is 1. The number of benzene rings is 2. The smallest absolute Gasteiger partial charge is 0.340 e. The summed E-state index contributed by atoms with van der Waals surface area (Å²) in [5.74, 6) is 3.40. The molecule has 38 heavy (non-hydrogen) atoms. The van der Waals surface area contributed by atoms with Crippen molar-refractivity contribution in [2.75, 3.05) is 26.3 Å². The zero-order valence-electron chi connectivity index (χ0n) is 21.1. The predicted octanol–water partition coefficient (Wildman–Crippen LogP) is 5.34. The van der Waals surface area contributed by atoms with E-state index >= 15 is 0 Å². The van der Waals surface area contributed by atoms with E-state index in [-0.39, 0.29) is 17.4 Å². The highest BCUT2D eigenvalue weighted by Gasteiger charge is 2.29. The van der Waals surface area contributed by atoms with Crippen molar-refractivity contribution in [1.82, 2.24) is 9.88 Å². The average molecular weight is 529 g/mol. The van der Waals surface area contributed by atoms with Crippen molar-refractivity contribution in [2.45, 2.75) is 31.8 Å². The Hall–Kier alpha value is -4.09. The zero-order valence-corrected chi connectivity index (χ0v) is 21.9. The Balaban J connectivity index is 1.24.